The number of rotatable bonds is 3. The Bertz CT molecular complexity index is 564. The number of nitrogens with zero attached hydrogens (tertiary/aromatic N) is 2. The van der Waals surface area contributed by atoms with Gasteiger partial charge in [-0.05, 0) is 23.8 Å². The molecule has 1 aromatic carbocycles. The summed E-state index contributed by atoms with van der Waals surface area (Å²) in [5.74, 6) is 0. The van der Waals surface area contributed by atoms with Crippen LogP contribution in [0.2, 0.25) is 0 Å². The number of sulfone groups is 1. The van der Waals surface area contributed by atoms with Gasteiger partial charge >= 0.3 is 0 Å². The van der Waals surface area contributed by atoms with Crippen LogP contribution in [0, 0.1) is 11.3 Å². The minimum Gasteiger partial charge on any atom is -0.378 e. The van der Waals surface area contributed by atoms with E-state index in [1.54, 1.807) is 18.2 Å². The Morgan fingerprint density at radius 1 is 1.29 bits per heavy atom. The van der Waals surface area contributed by atoms with Crippen LogP contribution in [0.25, 0.3) is 6.08 Å². The summed E-state index contributed by atoms with van der Waals surface area (Å²) in [6.45, 7) is 0. The summed E-state index contributed by atoms with van der Waals surface area (Å²) in [5.41, 5.74) is 1.71. The maximum atomic E-state index is 11.2. The fraction of sp³-hybridized carbons (Fsp3) is 0.250. The van der Waals surface area contributed by atoms with Crippen molar-refractivity contribution in [2.75, 3.05) is 25.3 Å². The average Bonchev–Trinajstić information content (AvgIpc) is 2.24. The topological polar surface area (TPSA) is 61.2 Å². The molecule has 5 heteroatoms. The molecule has 90 valence electrons. The smallest absolute Gasteiger partial charge is 0.185 e. The zero-order valence-corrected chi connectivity index (χ0v) is 10.8. The maximum Gasteiger partial charge on any atom is 0.185 e. The molecule has 0 fully saturated rings. The maximum absolute atomic E-state index is 11.2. The Hall–Kier alpha value is -1.80. The Morgan fingerprint density at radius 2 is 1.82 bits per heavy atom. The molecule has 1 rings (SSSR count). The summed E-state index contributed by atoms with van der Waals surface area (Å²) in [4.78, 5) is 1.71. The number of nitriles is 1. The third kappa shape index (κ3) is 3.61. The molecule has 0 atom stereocenters. The predicted molar refractivity (Wildman–Crippen MR) is 69.2 cm³/mol. The molecule has 0 unspecified atom stereocenters. The highest BCUT2D eigenvalue weighted by Crippen LogP contribution is 2.16. The Morgan fingerprint density at radius 3 is 2.18 bits per heavy atom. The van der Waals surface area contributed by atoms with Gasteiger partial charge in [-0.15, -0.1) is 0 Å². The van der Waals surface area contributed by atoms with E-state index in [4.69, 9.17) is 5.26 Å². The quantitative estimate of drug-likeness (QED) is 0.765. The number of hydrogen-bond acceptors (Lipinski definition) is 4. The van der Waals surface area contributed by atoms with Crippen molar-refractivity contribution < 1.29 is 8.42 Å². The van der Waals surface area contributed by atoms with Gasteiger partial charge in [0.05, 0.1) is 0 Å². The summed E-state index contributed by atoms with van der Waals surface area (Å²) >= 11 is 0. The Kier molecular flexibility index (Phi) is 3.92. The van der Waals surface area contributed by atoms with Crippen molar-refractivity contribution in [1.29, 1.82) is 5.26 Å². The summed E-state index contributed by atoms with van der Waals surface area (Å²) in [7, 11) is 0.387. The van der Waals surface area contributed by atoms with E-state index in [1.807, 2.05) is 31.1 Å². The van der Waals surface area contributed by atoms with Gasteiger partial charge in [-0.1, -0.05) is 12.1 Å². The zero-order valence-electron chi connectivity index (χ0n) is 10.0. The minimum absolute atomic E-state index is 0.227. The van der Waals surface area contributed by atoms with Gasteiger partial charge in [-0.2, -0.15) is 5.26 Å². The largest absolute Gasteiger partial charge is 0.378 e. The van der Waals surface area contributed by atoms with E-state index < -0.39 is 9.84 Å². The van der Waals surface area contributed by atoms with Crippen molar-refractivity contribution in [2.45, 2.75) is 0 Å². The van der Waals surface area contributed by atoms with Crippen molar-refractivity contribution in [3.05, 3.63) is 34.7 Å². The normalized spacial score (nSPS) is 12.0. The summed E-state index contributed by atoms with van der Waals surface area (Å²) in [6, 6.07) is 8.97. The third-order valence-corrected chi connectivity index (χ3v) is 3.22. The Labute approximate surface area is 102 Å². The highest BCUT2D eigenvalue weighted by atomic mass is 32.2. The highest BCUT2D eigenvalue weighted by Gasteiger charge is 2.10. The molecule has 4 nitrogen and oxygen atoms in total. The van der Waals surface area contributed by atoms with Crippen LogP contribution in [0.4, 0.5) is 5.69 Å². The summed E-state index contributed by atoms with van der Waals surface area (Å²) < 4.78 is 22.5. The zero-order chi connectivity index (χ0) is 13.1. The molecule has 0 aliphatic carbocycles. The molecule has 0 radical (unpaired) electrons. The summed E-state index contributed by atoms with van der Waals surface area (Å²) in [6.07, 6.45) is 2.39. The molecule has 0 saturated heterocycles. The first kappa shape index (κ1) is 13.3. The first-order chi connectivity index (χ1) is 7.84. The molecule has 0 heterocycles. The molecule has 0 spiro atoms. The first-order valence-corrected chi connectivity index (χ1v) is 6.83. The van der Waals surface area contributed by atoms with Crippen molar-refractivity contribution >= 4 is 21.6 Å². The number of benzene rings is 1. The van der Waals surface area contributed by atoms with Crippen LogP contribution < -0.4 is 4.90 Å². The van der Waals surface area contributed by atoms with Crippen LogP contribution in [0.5, 0.6) is 0 Å². The lowest BCUT2D eigenvalue weighted by Gasteiger charge is -2.11. The SMILES string of the molecule is CN(C)c1ccc(/C=C(/C#N)S(C)(=O)=O)cc1. The monoisotopic (exact) mass is 250 g/mol. The van der Waals surface area contributed by atoms with Crippen LogP contribution in [-0.4, -0.2) is 28.8 Å². The molecule has 0 aliphatic rings. The second-order valence-corrected chi connectivity index (χ2v) is 5.86. The second-order valence-electron chi connectivity index (χ2n) is 3.88. The van der Waals surface area contributed by atoms with E-state index in [1.165, 1.54) is 6.08 Å². The lowest BCUT2D eigenvalue weighted by Crippen LogP contribution is -2.08. The van der Waals surface area contributed by atoms with Gasteiger partial charge in [0.25, 0.3) is 0 Å². The minimum atomic E-state index is -3.45. The van der Waals surface area contributed by atoms with Crippen LogP contribution in [0.3, 0.4) is 0 Å². The van der Waals surface area contributed by atoms with Crippen molar-refractivity contribution in [2.24, 2.45) is 0 Å². The van der Waals surface area contributed by atoms with E-state index in [2.05, 4.69) is 0 Å². The van der Waals surface area contributed by atoms with Crippen LogP contribution >= 0.6 is 0 Å². The lowest BCUT2D eigenvalue weighted by molar-refractivity contribution is 0.609. The van der Waals surface area contributed by atoms with E-state index in [9.17, 15) is 8.42 Å². The van der Waals surface area contributed by atoms with Gasteiger partial charge in [0, 0.05) is 26.0 Å². The van der Waals surface area contributed by atoms with Crippen molar-refractivity contribution in [1.82, 2.24) is 0 Å². The van der Waals surface area contributed by atoms with Crippen molar-refractivity contribution in [3.8, 4) is 6.07 Å². The standard InChI is InChI=1S/C12H14N2O2S/c1-14(2)11-6-4-10(5-7-11)8-12(9-13)17(3,15)16/h4-8H,1-3H3/b12-8-. The Balaban J connectivity index is 3.12. The van der Waals surface area contributed by atoms with Gasteiger partial charge in [0.15, 0.2) is 9.84 Å². The molecule has 0 bridgehead atoms. The van der Waals surface area contributed by atoms with E-state index >= 15 is 0 Å². The van der Waals surface area contributed by atoms with E-state index in [0.29, 0.717) is 5.56 Å². The molecule has 0 amide bonds. The van der Waals surface area contributed by atoms with Crippen LogP contribution in [-0.2, 0) is 9.84 Å². The van der Waals surface area contributed by atoms with Gasteiger partial charge in [-0.25, -0.2) is 8.42 Å². The number of hydrogen-bond donors (Lipinski definition) is 0. The number of allylic oxidation sites excluding steroid dienone is 1. The molecular weight excluding hydrogens is 236 g/mol. The molecule has 0 saturated carbocycles. The van der Waals surface area contributed by atoms with Gasteiger partial charge in [0.1, 0.15) is 11.0 Å². The fourth-order valence-electron chi connectivity index (χ4n) is 1.24. The van der Waals surface area contributed by atoms with Crippen LogP contribution in [0.15, 0.2) is 29.2 Å². The average molecular weight is 250 g/mol. The number of anilines is 1. The van der Waals surface area contributed by atoms with Crippen molar-refractivity contribution in [3.63, 3.8) is 0 Å². The molecule has 17 heavy (non-hydrogen) atoms. The molecule has 0 aromatic heterocycles. The summed E-state index contributed by atoms with van der Waals surface area (Å²) in [5, 5.41) is 8.76. The van der Waals surface area contributed by atoms with Crippen LogP contribution in [0.1, 0.15) is 5.56 Å². The first-order valence-electron chi connectivity index (χ1n) is 4.94. The highest BCUT2D eigenvalue weighted by molar-refractivity contribution is 7.95. The van der Waals surface area contributed by atoms with Gasteiger partial charge < -0.3 is 4.90 Å². The molecule has 0 N–H and O–H groups in total. The predicted octanol–water partition coefficient (Wildman–Crippen LogP) is 1.66. The lowest BCUT2D eigenvalue weighted by atomic mass is 10.2. The van der Waals surface area contributed by atoms with E-state index in [0.717, 1.165) is 11.9 Å². The van der Waals surface area contributed by atoms with Gasteiger partial charge in [-0.3, -0.25) is 0 Å². The van der Waals surface area contributed by atoms with E-state index in [-0.39, 0.29) is 4.91 Å². The second kappa shape index (κ2) is 5.02. The molecular formula is C12H14N2O2S. The molecule has 0 aliphatic heterocycles. The fourth-order valence-corrected chi connectivity index (χ4v) is 1.76. The van der Waals surface area contributed by atoms with Gasteiger partial charge in [0.2, 0.25) is 0 Å². The molecule has 1 aromatic rings. The third-order valence-electron chi connectivity index (χ3n) is 2.22.